The molecule has 0 radical (unpaired) electrons. The minimum atomic E-state index is -1.88. The van der Waals surface area contributed by atoms with E-state index in [9.17, 15) is 9.59 Å². The normalized spacial score (nSPS) is 17.4. The number of aryl methyl sites for hydroxylation is 2. The van der Waals surface area contributed by atoms with Gasteiger partial charge in [0.1, 0.15) is 5.58 Å². The first-order chi connectivity index (χ1) is 21.2. The predicted octanol–water partition coefficient (Wildman–Crippen LogP) is 7.78. The quantitative estimate of drug-likeness (QED) is 0.198. The molecule has 1 atom stereocenters. The van der Waals surface area contributed by atoms with Gasteiger partial charge in [0.25, 0.3) is 11.8 Å². The third-order valence-corrected chi connectivity index (χ3v) is 9.97. The number of thiazole rings is 1. The highest BCUT2D eigenvalue weighted by atomic mass is 35.5. The third-order valence-electron chi connectivity index (χ3n) is 8.38. The number of nitrogens with zero attached hydrogens (tertiary/aromatic N) is 3. The summed E-state index contributed by atoms with van der Waals surface area (Å²) in [6.45, 7) is 4.07. The Kier molecular flexibility index (Phi) is 5.85. The van der Waals surface area contributed by atoms with Crippen LogP contribution in [0.3, 0.4) is 0 Å². The number of carbonyl (C=O) groups excluding carboxylic acids is 2. The number of para-hydroxylation sites is 1. The number of amides is 2. The van der Waals surface area contributed by atoms with Crippen molar-refractivity contribution in [1.29, 1.82) is 0 Å². The standard InChI is InChI=1S/C34H21Cl2N3O4S/c1-17-13-18(2)28-26(14-17)44-33(37-28)39-31(41)30-27(29(40)21-15-20(35)11-12-25(21)43-30)34(39)22-8-4-6-10-24(22)38(32(34)42)16-19-7-3-5-9-23(19)36/h3-15H,16H2,1-2H3. The fraction of sp³-hybridized carbons (Fsp3) is 0.118. The van der Waals surface area contributed by atoms with Crippen LogP contribution < -0.4 is 15.2 Å². The summed E-state index contributed by atoms with van der Waals surface area (Å²) in [7, 11) is 0. The van der Waals surface area contributed by atoms with E-state index in [1.165, 1.54) is 22.3 Å². The van der Waals surface area contributed by atoms with Crippen molar-refractivity contribution in [2.75, 3.05) is 9.80 Å². The zero-order valence-corrected chi connectivity index (χ0v) is 25.7. The summed E-state index contributed by atoms with van der Waals surface area (Å²) in [5.41, 5.74) is 2.22. The van der Waals surface area contributed by atoms with E-state index in [0.29, 0.717) is 26.9 Å². The van der Waals surface area contributed by atoms with Gasteiger partial charge in [-0.2, -0.15) is 0 Å². The average Bonchev–Trinajstić information content (AvgIpc) is 3.61. The Bertz CT molecular complexity index is 2310. The molecule has 0 fully saturated rings. The summed E-state index contributed by atoms with van der Waals surface area (Å²) < 4.78 is 7.04. The van der Waals surface area contributed by atoms with Gasteiger partial charge in [-0.05, 0) is 66.9 Å². The first-order valence-corrected chi connectivity index (χ1v) is 15.4. The minimum absolute atomic E-state index is 0.0523. The molecule has 0 saturated heterocycles. The average molecular weight is 639 g/mol. The van der Waals surface area contributed by atoms with E-state index in [0.717, 1.165) is 21.3 Å². The van der Waals surface area contributed by atoms with Gasteiger partial charge >= 0.3 is 0 Å². The molecular formula is C34H21Cl2N3O4S. The first kappa shape index (κ1) is 27.1. The molecule has 0 saturated carbocycles. The van der Waals surface area contributed by atoms with Gasteiger partial charge in [-0.25, -0.2) is 4.98 Å². The molecule has 44 heavy (non-hydrogen) atoms. The van der Waals surface area contributed by atoms with Gasteiger partial charge in [0.15, 0.2) is 16.1 Å². The highest BCUT2D eigenvalue weighted by molar-refractivity contribution is 7.22. The van der Waals surface area contributed by atoms with E-state index in [4.69, 9.17) is 32.6 Å². The van der Waals surface area contributed by atoms with Crippen molar-refractivity contribution in [2.45, 2.75) is 25.9 Å². The van der Waals surface area contributed by atoms with Gasteiger partial charge in [-0.3, -0.25) is 19.3 Å². The number of benzene rings is 4. The molecule has 1 unspecified atom stereocenters. The van der Waals surface area contributed by atoms with Gasteiger partial charge in [-0.15, -0.1) is 0 Å². The largest absolute Gasteiger partial charge is 0.450 e. The lowest BCUT2D eigenvalue weighted by Crippen LogP contribution is -2.53. The van der Waals surface area contributed by atoms with Crippen LogP contribution in [0.4, 0.5) is 10.8 Å². The van der Waals surface area contributed by atoms with Crippen molar-refractivity contribution in [3.05, 3.63) is 133 Å². The second-order valence-electron chi connectivity index (χ2n) is 11.1. The zero-order valence-electron chi connectivity index (χ0n) is 23.4. The Morgan fingerprint density at radius 3 is 2.52 bits per heavy atom. The maximum absolute atomic E-state index is 15.1. The molecule has 4 heterocycles. The van der Waals surface area contributed by atoms with Crippen LogP contribution in [0.5, 0.6) is 0 Å². The van der Waals surface area contributed by atoms with Gasteiger partial charge in [-0.1, -0.05) is 77.0 Å². The Hall–Kier alpha value is -4.50. The molecule has 216 valence electrons. The van der Waals surface area contributed by atoms with Gasteiger partial charge in [0.2, 0.25) is 5.76 Å². The molecule has 2 amide bonds. The van der Waals surface area contributed by atoms with Gasteiger partial charge < -0.3 is 9.32 Å². The van der Waals surface area contributed by atoms with E-state index < -0.39 is 22.8 Å². The number of anilines is 2. The van der Waals surface area contributed by atoms with E-state index >= 15 is 4.79 Å². The first-order valence-electron chi connectivity index (χ1n) is 13.8. The zero-order chi connectivity index (χ0) is 30.5. The molecule has 6 aromatic rings. The number of aromatic nitrogens is 1. The molecule has 4 aromatic carbocycles. The number of hydrogen-bond donors (Lipinski definition) is 0. The molecule has 1 spiro atoms. The number of rotatable bonds is 3. The lowest BCUT2D eigenvalue weighted by molar-refractivity contribution is -0.121. The minimum Gasteiger partial charge on any atom is -0.450 e. The Labute approximate surface area is 264 Å². The van der Waals surface area contributed by atoms with Crippen LogP contribution in [-0.2, 0) is 16.9 Å². The van der Waals surface area contributed by atoms with Crippen molar-refractivity contribution in [1.82, 2.24) is 4.98 Å². The van der Waals surface area contributed by atoms with E-state index in [1.807, 2.05) is 56.3 Å². The Balaban J connectivity index is 1.47. The third kappa shape index (κ3) is 3.56. The molecular weight excluding hydrogens is 617 g/mol. The number of carbonyl (C=O) groups is 2. The lowest BCUT2D eigenvalue weighted by atomic mass is 9.84. The molecule has 0 N–H and O–H groups in total. The Morgan fingerprint density at radius 2 is 1.70 bits per heavy atom. The molecule has 0 aliphatic carbocycles. The van der Waals surface area contributed by atoms with Crippen LogP contribution in [0.25, 0.3) is 21.2 Å². The fourth-order valence-electron chi connectivity index (χ4n) is 6.54. The molecule has 2 aliphatic heterocycles. The van der Waals surface area contributed by atoms with Crippen LogP contribution in [-0.4, -0.2) is 16.8 Å². The number of fused-ring (bicyclic) bond motifs is 6. The molecule has 0 bridgehead atoms. The van der Waals surface area contributed by atoms with Gasteiger partial charge in [0.05, 0.1) is 33.4 Å². The summed E-state index contributed by atoms with van der Waals surface area (Å²) in [5.74, 6) is -1.29. The number of hydrogen-bond acceptors (Lipinski definition) is 6. The summed E-state index contributed by atoms with van der Waals surface area (Å²) in [4.78, 5) is 52.0. The van der Waals surface area contributed by atoms with Crippen molar-refractivity contribution >= 4 is 78.4 Å². The molecule has 2 aromatic heterocycles. The second-order valence-corrected chi connectivity index (χ2v) is 12.9. The van der Waals surface area contributed by atoms with Crippen molar-refractivity contribution in [3.63, 3.8) is 0 Å². The topological polar surface area (TPSA) is 83.7 Å². The maximum Gasteiger partial charge on any atom is 0.297 e. The SMILES string of the molecule is Cc1cc(C)c2nc(N3C(=O)c4oc5ccc(Cl)cc5c(=O)c4C34C(=O)N(Cc3ccccc3Cl)c3ccccc34)sc2c1. The summed E-state index contributed by atoms with van der Waals surface area (Å²) >= 11 is 14.1. The van der Waals surface area contributed by atoms with Crippen LogP contribution in [0.1, 0.15) is 38.4 Å². The Morgan fingerprint density at radius 1 is 0.932 bits per heavy atom. The van der Waals surface area contributed by atoms with E-state index in [1.54, 1.807) is 35.2 Å². The smallest absolute Gasteiger partial charge is 0.297 e. The molecule has 8 rings (SSSR count). The summed E-state index contributed by atoms with van der Waals surface area (Å²) in [5, 5.41) is 1.29. The summed E-state index contributed by atoms with van der Waals surface area (Å²) in [6, 6.07) is 23.1. The van der Waals surface area contributed by atoms with Crippen molar-refractivity contribution in [3.8, 4) is 0 Å². The maximum atomic E-state index is 15.1. The van der Waals surface area contributed by atoms with Crippen molar-refractivity contribution < 1.29 is 14.0 Å². The van der Waals surface area contributed by atoms with E-state index in [-0.39, 0.29) is 34.0 Å². The lowest BCUT2D eigenvalue weighted by Gasteiger charge is -2.32. The van der Waals surface area contributed by atoms with Crippen molar-refractivity contribution in [2.24, 2.45) is 0 Å². The molecule has 10 heteroatoms. The fourth-order valence-corrected chi connectivity index (χ4v) is 8.10. The van der Waals surface area contributed by atoms with Crippen LogP contribution in [0.15, 0.2) is 88.1 Å². The molecule has 7 nitrogen and oxygen atoms in total. The van der Waals surface area contributed by atoms with Gasteiger partial charge in [0, 0.05) is 15.6 Å². The molecule has 2 aliphatic rings. The van der Waals surface area contributed by atoms with Crippen LogP contribution >= 0.6 is 34.5 Å². The van der Waals surface area contributed by atoms with E-state index in [2.05, 4.69) is 0 Å². The van der Waals surface area contributed by atoms with Crippen LogP contribution in [0.2, 0.25) is 10.0 Å². The second kappa shape index (κ2) is 9.50. The monoisotopic (exact) mass is 637 g/mol. The highest BCUT2D eigenvalue weighted by Gasteiger charge is 2.66. The predicted molar refractivity (Wildman–Crippen MR) is 173 cm³/mol. The number of halogens is 2. The highest BCUT2D eigenvalue weighted by Crippen LogP contribution is 2.55. The van der Waals surface area contributed by atoms with Crippen LogP contribution in [0, 0.1) is 13.8 Å². The summed E-state index contributed by atoms with van der Waals surface area (Å²) in [6.07, 6.45) is 0.